The maximum absolute atomic E-state index is 14.9. The second-order valence-corrected chi connectivity index (χ2v) is 24.0. The summed E-state index contributed by atoms with van der Waals surface area (Å²) in [6.07, 6.45) is 5.14. The van der Waals surface area contributed by atoms with Gasteiger partial charge in [-0.25, -0.2) is 9.59 Å². The number of benzene rings is 5. The van der Waals surface area contributed by atoms with Crippen LogP contribution in [0.4, 0.5) is 0 Å². The summed E-state index contributed by atoms with van der Waals surface area (Å²) in [6, 6.07) is 29.6. The van der Waals surface area contributed by atoms with Gasteiger partial charge in [0, 0.05) is 59.6 Å². The number of rotatable bonds is 12. The van der Waals surface area contributed by atoms with Crippen molar-refractivity contribution in [2.45, 2.75) is 115 Å². The SMILES string of the molecule is COc1cc(CC[C@H]2OC(=O)[C@@H]3CCCCN3C(=O)C(=O)C(C)(C)COC(=O)C=CCCCCN(C)C(=O)[C@@H](Cc3ccccc3)NC(=O)CN(C)C(=O)[C@@H](Cc3ccccc3)NC(=O)[C@H](Cc3ccc(O)cc3)N(C)C(=O)COc3cccc2c3)cc(OC)c1OC. The van der Waals surface area contributed by atoms with Gasteiger partial charge < -0.3 is 63.8 Å². The lowest BCUT2D eigenvalue weighted by Crippen LogP contribution is -2.57. The third kappa shape index (κ3) is 20.1. The molecule has 2 heterocycles. The lowest BCUT2D eigenvalue weighted by molar-refractivity contribution is -0.165. The van der Waals surface area contributed by atoms with Crippen molar-refractivity contribution in [3.05, 3.63) is 161 Å². The molecule has 5 aromatic carbocycles. The van der Waals surface area contributed by atoms with Gasteiger partial charge >= 0.3 is 11.9 Å². The molecular formula is C71H86N6O16. The van der Waals surface area contributed by atoms with Crippen LogP contribution in [0.3, 0.4) is 0 Å². The zero-order valence-corrected chi connectivity index (χ0v) is 54.3. The van der Waals surface area contributed by atoms with Crippen LogP contribution in [-0.2, 0) is 78.3 Å². The summed E-state index contributed by atoms with van der Waals surface area (Å²) in [5, 5.41) is 15.9. The number of allylic oxidation sites excluding steroid dienone is 1. The Morgan fingerprint density at radius 3 is 1.88 bits per heavy atom. The number of carbonyl (C=O) groups excluding carboxylic acids is 9. The number of likely N-dealkylation sites (N-methyl/N-ethyl adjacent to an activating group) is 3. The van der Waals surface area contributed by atoms with E-state index in [1.165, 1.54) is 87.1 Å². The Kier molecular flexibility index (Phi) is 25.9. The molecule has 2 aliphatic rings. The standard InChI is InChI=1S/C71H86N6O16/c1-71(2)46-92-63(81)29-17-9-10-19-36-74(3)67(84)54(38-47-22-13-11-14-23-47)72-61(79)44-75(4)68(85)55(39-48-24-15-12-16-25-48)73-66(83)57(40-49-30-33-52(78)34-31-49)76(5)62(80)45-91-53-27-21-26-51(43-53)58(35-32-50-41-59(88-6)64(90-8)60(42-50)89-7)93-70(87)56-28-18-20-37-77(56)69(86)65(71)82/h11-17,21-27,29-31,33-34,41-43,54-58,78H,9-10,18-20,28,32,35-40,44-46H2,1-8H3,(H,72,79)(H,73,83)/t54-,55-,56+,57+,58-/m1/s1. The van der Waals surface area contributed by atoms with Crippen molar-refractivity contribution in [3.8, 4) is 28.7 Å². The van der Waals surface area contributed by atoms with Crippen LogP contribution in [0.1, 0.15) is 92.7 Å². The maximum atomic E-state index is 14.9. The quantitative estimate of drug-likeness (QED) is 0.0865. The summed E-state index contributed by atoms with van der Waals surface area (Å²) in [4.78, 5) is 133. The van der Waals surface area contributed by atoms with Crippen molar-refractivity contribution >= 4 is 53.2 Å². The number of fused-ring (bicyclic) bond motifs is 3. The number of hydrogen-bond acceptors (Lipinski definition) is 16. The second-order valence-electron chi connectivity index (χ2n) is 24.0. The van der Waals surface area contributed by atoms with Gasteiger partial charge in [-0.2, -0.15) is 0 Å². The molecule has 0 spiro atoms. The number of Topliss-reactive ketones (excluding diaryl/α,β-unsaturated/α-hetero) is 1. The molecule has 496 valence electrons. The minimum atomic E-state index is -1.49. The molecule has 0 aromatic heterocycles. The van der Waals surface area contributed by atoms with Crippen LogP contribution >= 0.6 is 0 Å². The summed E-state index contributed by atoms with van der Waals surface area (Å²) < 4.78 is 34.9. The van der Waals surface area contributed by atoms with Crippen molar-refractivity contribution in [1.82, 2.24) is 30.2 Å². The lowest BCUT2D eigenvalue weighted by Gasteiger charge is -2.36. The molecule has 0 saturated carbocycles. The zero-order valence-electron chi connectivity index (χ0n) is 54.3. The Labute approximate surface area is 543 Å². The Balaban J connectivity index is 1.21. The highest BCUT2D eigenvalue weighted by Gasteiger charge is 2.43. The van der Waals surface area contributed by atoms with E-state index in [2.05, 4.69) is 10.6 Å². The van der Waals surface area contributed by atoms with Gasteiger partial charge in [0.2, 0.25) is 35.2 Å². The third-order valence-corrected chi connectivity index (χ3v) is 16.5. The van der Waals surface area contributed by atoms with Crippen LogP contribution in [0.5, 0.6) is 28.7 Å². The Bertz CT molecular complexity index is 3410. The van der Waals surface area contributed by atoms with E-state index >= 15 is 0 Å². The molecule has 2 aliphatic heterocycles. The van der Waals surface area contributed by atoms with Gasteiger partial charge in [-0.15, -0.1) is 0 Å². The number of phenols is 1. The molecule has 93 heavy (non-hydrogen) atoms. The number of aryl methyl sites for hydroxylation is 1. The van der Waals surface area contributed by atoms with E-state index in [-0.39, 0.29) is 56.1 Å². The molecular weight excluding hydrogens is 1190 g/mol. The molecule has 0 unspecified atom stereocenters. The minimum absolute atomic E-state index is 0.00591. The Morgan fingerprint density at radius 1 is 0.634 bits per heavy atom. The van der Waals surface area contributed by atoms with Crippen LogP contribution in [0.2, 0.25) is 0 Å². The molecule has 1 fully saturated rings. The summed E-state index contributed by atoms with van der Waals surface area (Å²) in [6.45, 7) is 1.83. The van der Waals surface area contributed by atoms with Crippen LogP contribution in [0.15, 0.2) is 133 Å². The number of ketones is 1. The van der Waals surface area contributed by atoms with Crippen molar-refractivity contribution in [1.29, 1.82) is 0 Å². The average Bonchev–Trinajstić information content (AvgIpc) is 0.868. The number of aromatic hydroxyl groups is 1. The van der Waals surface area contributed by atoms with E-state index in [1.807, 2.05) is 30.3 Å². The van der Waals surface area contributed by atoms with Gasteiger partial charge in [-0.1, -0.05) is 91.0 Å². The summed E-state index contributed by atoms with van der Waals surface area (Å²) in [5.41, 5.74) is 1.72. The van der Waals surface area contributed by atoms with Gasteiger partial charge in [0.25, 0.3) is 11.8 Å². The summed E-state index contributed by atoms with van der Waals surface area (Å²) in [5.74, 6) is -4.96. The fourth-order valence-electron chi connectivity index (χ4n) is 11.1. The lowest BCUT2D eigenvalue weighted by atomic mass is 9.87. The molecule has 2 bridgehead atoms. The van der Waals surface area contributed by atoms with Crippen molar-refractivity contribution < 1.29 is 76.7 Å². The number of carbonyl (C=O) groups is 9. The fourth-order valence-corrected chi connectivity index (χ4v) is 11.1. The van der Waals surface area contributed by atoms with E-state index in [1.54, 1.807) is 92.0 Å². The van der Waals surface area contributed by atoms with E-state index in [0.717, 1.165) is 11.1 Å². The van der Waals surface area contributed by atoms with Crippen molar-refractivity contribution in [3.63, 3.8) is 0 Å². The van der Waals surface area contributed by atoms with Gasteiger partial charge in [-0.05, 0) is 129 Å². The first-order chi connectivity index (χ1) is 44.6. The Morgan fingerprint density at radius 2 is 1.25 bits per heavy atom. The van der Waals surface area contributed by atoms with Crippen LogP contribution in [-0.4, -0.2) is 177 Å². The Hall–Kier alpha value is -9.73. The van der Waals surface area contributed by atoms with E-state index < -0.39 is 103 Å². The minimum Gasteiger partial charge on any atom is -0.508 e. The maximum Gasteiger partial charge on any atom is 0.330 e. The third-order valence-electron chi connectivity index (χ3n) is 16.5. The largest absolute Gasteiger partial charge is 0.508 e. The summed E-state index contributed by atoms with van der Waals surface area (Å²) in [7, 11) is 8.95. The number of nitrogens with one attached hydrogen (secondary N) is 2. The number of cyclic esters (lactones) is 2. The molecule has 7 rings (SSSR count). The highest BCUT2D eigenvalue weighted by molar-refractivity contribution is 6.38. The molecule has 22 nitrogen and oxygen atoms in total. The zero-order chi connectivity index (χ0) is 67.2. The fraction of sp³-hybridized carbons (Fsp3) is 0.423. The predicted octanol–water partition coefficient (Wildman–Crippen LogP) is 6.72. The van der Waals surface area contributed by atoms with Gasteiger partial charge in [0.15, 0.2) is 18.1 Å². The van der Waals surface area contributed by atoms with E-state index in [0.29, 0.717) is 79.0 Å². The number of nitrogens with zero attached hydrogens (tertiary/aromatic N) is 4. The van der Waals surface area contributed by atoms with E-state index in [9.17, 15) is 48.3 Å². The summed E-state index contributed by atoms with van der Waals surface area (Å²) >= 11 is 0. The topological polar surface area (TPSA) is 266 Å². The van der Waals surface area contributed by atoms with Crippen LogP contribution in [0.25, 0.3) is 0 Å². The van der Waals surface area contributed by atoms with Crippen molar-refractivity contribution in [2.75, 3.05) is 75.3 Å². The van der Waals surface area contributed by atoms with Gasteiger partial charge in [0.05, 0.1) is 33.3 Å². The molecule has 0 aliphatic carbocycles. The molecule has 6 amide bonds. The molecule has 22 heteroatoms. The molecule has 5 aromatic rings. The number of methoxy groups -OCH3 is 3. The van der Waals surface area contributed by atoms with Crippen LogP contribution in [0, 0.1) is 5.41 Å². The van der Waals surface area contributed by atoms with Gasteiger partial charge in [-0.3, -0.25) is 33.6 Å². The first kappa shape index (κ1) is 70.7. The number of hydrogen-bond donors (Lipinski definition) is 3. The first-order valence-electron chi connectivity index (χ1n) is 31.2. The molecule has 1 saturated heterocycles. The molecule has 0 radical (unpaired) electrons. The van der Waals surface area contributed by atoms with Crippen LogP contribution < -0.4 is 29.6 Å². The van der Waals surface area contributed by atoms with Crippen molar-refractivity contribution in [2.24, 2.45) is 5.41 Å². The number of esters is 2. The first-order valence-corrected chi connectivity index (χ1v) is 31.2. The molecule has 5 atom stereocenters. The number of ether oxygens (including phenoxy) is 6. The number of amides is 6. The second kappa shape index (κ2) is 34.1. The normalized spacial score (nSPS) is 20.9. The molecule has 3 N–H and O–H groups in total. The number of phenolic OH excluding ortho intramolecular Hbond substituents is 1. The average molecular weight is 1280 g/mol. The highest BCUT2D eigenvalue weighted by atomic mass is 16.6. The number of piperidine rings is 1. The highest BCUT2D eigenvalue weighted by Crippen LogP contribution is 2.39. The van der Waals surface area contributed by atoms with Gasteiger partial charge in [0.1, 0.15) is 48.4 Å². The van der Waals surface area contributed by atoms with E-state index in [4.69, 9.17) is 28.4 Å². The predicted molar refractivity (Wildman–Crippen MR) is 345 cm³/mol. The monoisotopic (exact) mass is 1280 g/mol. The smallest absolute Gasteiger partial charge is 0.330 e.